The molecule has 71 heavy (non-hydrogen) atoms. The lowest BCUT2D eigenvalue weighted by molar-refractivity contribution is -0.143. The molecular formula is C65H129NO5. The first-order valence-electron chi connectivity index (χ1n) is 32.8. The van der Waals surface area contributed by atoms with Crippen LogP contribution in [0.2, 0.25) is 0 Å². The van der Waals surface area contributed by atoms with Crippen molar-refractivity contribution >= 4 is 11.9 Å². The molecule has 3 N–H and O–H groups in total. The van der Waals surface area contributed by atoms with Crippen LogP contribution in [-0.2, 0) is 14.3 Å². The molecular weight excluding hydrogens is 875 g/mol. The minimum atomic E-state index is -0.663. The lowest BCUT2D eigenvalue weighted by Crippen LogP contribution is -2.45. The second kappa shape index (κ2) is 61.4. The van der Waals surface area contributed by atoms with Gasteiger partial charge < -0.3 is 20.3 Å². The van der Waals surface area contributed by atoms with Gasteiger partial charge in [-0.2, -0.15) is 0 Å². The van der Waals surface area contributed by atoms with Crippen molar-refractivity contribution in [3.63, 3.8) is 0 Å². The average Bonchev–Trinajstić information content (AvgIpc) is 3.37. The predicted octanol–water partition coefficient (Wildman–Crippen LogP) is 20.6. The van der Waals surface area contributed by atoms with E-state index in [-0.39, 0.29) is 18.5 Å². The fourth-order valence-corrected chi connectivity index (χ4v) is 10.6. The number of ether oxygens (including phenoxy) is 1. The summed E-state index contributed by atoms with van der Waals surface area (Å²) in [5, 5.41) is 23.3. The van der Waals surface area contributed by atoms with Gasteiger partial charge in [-0.25, -0.2) is 0 Å². The number of unbranched alkanes of at least 4 members (excludes halogenated alkanes) is 51. The molecule has 0 aromatic carbocycles. The maximum Gasteiger partial charge on any atom is 0.305 e. The number of rotatable bonds is 62. The van der Waals surface area contributed by atoms with Crippen molar-refractivity contribution in [1.82, 2.24) is 5.32 Å². The van der Waals surface area contributed by atoms with Crippen molar-refractivity contribution in [1.29, 1.82) is 0 Å². The van der Waals surface area contributed by atoms with Gasteiger partial charge in [0.25, 0.3) is 0 Å². The van der Waals surface area contributed by atoms with Crippen LogP contribution in [0.3, 0.4) is 0 Å². The van der Waals surface area contributed by atoms with Gasteiger partial charge >= 0.3 is 5.97 Å². The number of carbonyl (C=O) groups is 2. The summed E-state index contributed by atoms with van der Waals surface area (Å²) in [7, 11) is 0. The molecule has 6 heteroatoms. The fraction of sp³-hybridized carbons (Fsp3) is 0.969. The van der Waals surface area contributed by atoms with E-state index in [1.165, 1.54) is 308 Å². The molecule has 0 radical (unpaired) electrons. The fourth-order valence-electron chi connectivity index (χ4n) is 10.6. The molecule has 0 fully saturated rings. The summed E-state index contributed by atoms with van der Waals surface area (Å²) in [6, 6.07) is -0.540. The molecule has 0 aliphatic heterocycles. The standard InChI is InChI=1S/C65H129NO5/c1-3-5-7-9-11-13-15-17-19-29-33-37-41-45-49-53-57-63(68)62(61-67)66-64(69)58-54-50-46-42-38-34-30-27-25-23-21-22-24-26-28-32-36-40-44-48-52-56-60-71-65(70)59-55-51-47-43-39-35-31-20-18-16-14-12-10-8-6-4-2/h62-63,67-68H,3-61H2,1-2H3,(H,66,69). The van der Waals surface area contributed by atoms with Crippen LogP contribution in [0.1, 0.15) is 380 Å². The Kier molecular flexibility index (Phi) is 60.4. The van der Waals surface area contributed by atoms with Gasteiger partial charge in [-0.05, 0) is 25.7 Å². The van der Waals surface area contributed by atoms with Crippen molar-refractivity contribution in [3.8, 4) is 0 Å². The molecule has 0 saturated heterocycles. The Morgan fingerprint density at radius 3 is 0.859 bits per heavy atom. The van der Waals surface area contributed by atoms with Gasteiger partial charge in [0.15, 0.2) is 0 Å². The predicted molar refractivity (Wildman–Crippen MR) is 310 cm³/mol. The summed E-state index contributed by atoms with van der Waals surface area (Å²) in [5.74, 6) is -0.0134. The number of amides is 1. The van der Waals surface area contributed by atoms with Crippen molar-refractivity contribution in [2.24, 2.45) is 0 Å². The minimum Gasteiger partial charge on any atom is -0.466 e. The van der Waals surface area contributed by atoms with Crippen molar-refractivity contribution in [3.05, 3.63) is 0 Å². The molecule has 6 nitrogen and oxygen atoms in total. The summed E-state index contributed by atoms with van der Waals surface area (Å²) in [6.45, 7) is 4.99. The van der Waals surface area contributed by atoms with Crippen LogP contribution < -0.4 is 5.32 Å². The Morgan fingerprint density at radius 1 is 0.338 bits per heavy atom. The average molecular weight is 1000 g/mol. The number of nitrogens with one attached hydrogen (secondary N) is 1. The molecule has 0 heterocycles. The smallest absolute Gasteiger partial charge is 0.305 e. The minimum absolute atomic E-state index is 0.0180. The maximum atomic E-state index is 12.5. The molecule has 1 amide bonds. The Hall–Kier alpha value is -1.14. The van der Waals surface area contributed by atoms with Gasteiger partial charge in [0.2, 0.25) is 5.91 Å². The molecule has 0 aromatic rings. The first-order chi connectivity index (χ1) is 35.0. The first kappa shape index (κ1) is 69.9. The highest BCUT2D eigenvalue weighted by Gasteiger charge is 2.20. The molecule has 0 aromatic heterocycles. The molecule has 0 saturated carbocycles. The normalized spacial score (nSPS) is 12.5. The second-order valence-corrected chi connectivity index (χ2v) is 22.8. The summed E-state index contributed by atoms with van der Waals surface area (Å²) in [5.41, 5.74) is 0. The molecule has 2 unspecified atom stereocenters. The highest BCUT2D eigenvalue weighted by Crippen LogP contribution is 2.19. The van der Waals surface area contributed by atoms with E-state index in [9.17, 15) is 19.8 Å². The summed E-state index contributed by atoms with van der Waals surface area (Å²) >= 11 is 0. The molecule has 0 spiro atoms. The number of aliphatic hydroxyl groups excluding tert-OH is 2. The zero-order valence-electron chi connectivity index (χ0n) is 48.5. The largest absolute Gasteiger partial charge is 0.466 e. The van der Waals surface area contributed by atoms with Gasteiger partial charge in [-0.1, -0.05) is 341 Å². The molecule has 424 valence electrons. The Morgan fingerprint density at radius 2 is 0.577 bits per heavy atom. The lowest BCUT2D eigenvalue weighted by atomic mass is 10.0. The number of aliphatic hydroxyl groups is 2. The monoisotopic (exact) mass is 1000 g/mol. The van der Waals surface area contributed by atoms with E-state index >= 15 is 0 Å². The Balaban J connectivity index is 3.35. The van der Waals surface area contributed by atoms with Crippen molar-refractivity contribution in [2.45, 2.75) is 392 Å². The van der Waals surface area contributed by atoms with Crippen LogP contribution in [0.15, 0.2) is 0 Å². The third kappa shape index (κ3) is 58.0. The van der Waals surface area contributed by atoms with Crippen LogP contribution in [0, 0.1) is 0 Å². The van der Waals surface area contributed by atoms with Gasteiger partial charge in [0.1, 0.15) is 0 Å². The molecule has 0 bridgehead atoms. The van der Waals surface area contributed by atoms with Gasteiger partial charge in [0, 0.05) is 12.8 Å². The molecule has 0 aliphatic carbocycles. The zero-order valence-corrected chi connectivity index (χ0v) is 48.5. The van der Waals surface area contributed by atoms with E-state index in [0.29, 0.717) is 25.9 Å². The number of hydrogen-bond donors (Lipinski definition) is 3. The summed E-state index contributed by atoms with van der Waals surface area (Å²) in [6.07, 6.45) is 72.6. The van der Waals surface area contributed by atoms with E-state index in [4.69, 9.17) is 4.74 Å². The van der Waals surface area contributed by atoms with Crippen LogP contribution in [0.4, 0.5) is 0 Å². The SMILES string of the molecule is CCCCCCCCCCCCCCCCCCC(=O)OCCCCCCCCCCCCCCCCCCCCCCCCC(=O)NC(CO)C(O)CCCCCCCCCCCCCCCCCC. The quantitative estimate of drug-likeness (QED) is 0.0417. The molecule has 2 atom stereocenters. The molecule has 0 rings (SSSR count). The number of carbonyl (C=O) groups excluding carboxylic acids is 2. The number of hydrogen-bond acceptors (Lipinski definition) is 5. The van der Waals surface area contributed by atoms with Crippen molar-refractivity contribution < 1.29 is 24.5 Å². The van der Waals surface area contributed by atoms with Crippen LogP contribution >= 0.6 is 0 Å². The van der Waals surface area contributed by atoms with Crippen LogP contribution in [0.5, 0.6) is 0 Å². The maximum absolute atomic E-state index is 12.5. The zero-order chi connectivity index (χ0) is 51.4. The van der Waals surface area contributed by atoms with E-state index in [0.717, 1.165) is 38.5 Å². The summed E-state index contributed by atoms with van der Waals surface area (Å²) in [4.78, 5) is 24.6. The lowest BCUT2D eigenvalue weighted by Gasteiger charge is -2.22. The highest BCUT2D eigenvalue weighted by molar-refractivity contribution is 5.76. The summed E-state index contributed by atoms with van der Waals surface area (Å²) < 4.78 is 5.50. The number of esters is 1. The Bertz CT molecular complexity index is 1020. The third-order valence-corrected chi connectivity index (χ3v) is 15.7. The van der Waals surface area contributed by atoms with Gasteiger partial charge in [-0.3, -0.25) is 9.59 Å². The van der Waals surface area contributed by atoms with Gasteiger partial charge in [-0.15, -0.1) is 0 Å². The Labute approximate surface area is 445 Å². The van der Waals surface area contributed by atoms with Crippen LogP contribution in [-0.4, -0.2) is 47.4 Å². The van der Waals surface area contributed by atoms with E-state index in [2.05, 4.69) is 19.2 Å². The van der Waals surface area contributed by atoms with Crippen molar-refractivity contribution in [2.75, 3.05) is 13.2 Å². The topological polar surface area (TPSA) is 95.9 Å². The van der Waals surface area contributed by atoms with Crippen LogP contribution in [0.25, 0.3) is 0 Å². The van der Waals surface area contributed by atoms with Gasteiger partial charge in [0.05, 0.1) is 25.4 Å². The molecule has 0 aliphatic rings. The van der Waals surface area contributed by atoms with E-state index < -0.39 is 12.1 Å². The first-order valence-corrected chi connectivity index (χ1v) is 32.8. The third-order valence-electron chi connectivity index (χ3n) is 15.7. The van der Waals surface area contributed by atoms with E-state index in [1.54, 1.807) is 0 Å². The van der Waals surface area contributed by atoms with E-state index in [1.807, 2.05) is 0 Å². The highest BCUT2D eigenvalue weighted by atomic mass is 16.5. The second-order valence-electron chi connectivity index (χ2n) is 22.8.